The number of nitrogens with zero attached hydrogens (tertiary/aromatic N) is 2. The van der Waals surface area contributed by atoms with Gasteiger partial charge in [-0.15, -0.1) is 0 Å². The molecule has 0 saturated heterocycles. The molecule has 1 atom stereocenters. The number of aliphatic hydroxyl groups excluding tert-OH is 1. The van der Waals surface area contributed by atoms with Crippen molar-refractivity contribution in [1.82, 2.24) is 15.1 Å². The maximum absolute atomic E-state index is 12.4. The number of hydrogen-bond donors (Lipinski definition) is 2. The van der Waals surface area contributed by atoms with Gasteiger partial charge < -0.3 is 10.4 Å². The standard InChI is InChI=1S/C18H21N3O3/c22-11-10-15(14-6-7-14)19-18(24)16-8-9-17(23)21(20-16)12-13-4-2-1-3-5-13/h1-5,8-9,14-15,22H,6-7,10-12H2,(H,19,24). The van der Waals surface area contributed by atoms with Crippen molar-refractivity contribution in [2.24, 2.45) is 5.92 Å². The van der Waals surface area contributed by atoms with Crippen LogP contribution in [0, 0.1) is 5.92 Å². The van der Waals surface area contributed by atoms with Crippen LogP contribution in [0.25, 0.3) is 0 Å². The first-order chi connectivity index (χ1) is 11.7. The van der Waals surface area contributed by atoms with Crippen LogP contribution in [0.15, 0.2) is 47.3 Å². The molecule has 0 radical (unpaired) electrons. The predicted octanol–water partition coefficient (Wildman–Crippen LogP) is 1.18. The molecule has 126 valence electrons. The van der Waals surface area contributed by atoms with E-state index in [0.29, 0.717) is 18.9 Å². The van der Waals surface area contributed by atoms with Crippen LogP contribution < -0.4 is 10.9 Å². The average Bonchev–Trinajstić information content (AvgIpc) is 3.42. The van der Waals surface area contributed by atoms with E-state index >= 15 is 0 Å². The molecule has 1 aliphatic rings. The summed E-state index contributed by atoms with van der Waals surface area (Å²) >= 11 is 0. The Morgan fingerprint density at radius 1 is 1.25 bits per heavy atom. The minimum absolute atomic E-state index is 0.0289. The Balaban J connectivity index is 1.74. The second-order valence-electron chi connectivity index (χ2n) is 6.13. The summed E-state index contributed by atoms with van der Waals surface area (Å²) in [5, 5.41) is 16.2. The van der Waals surface area contributed by atoms with Gasteiger partial charge in [0.15, 0.2) is 0 Å². The Bertz CT molecular complexity index is 754. The van der Waals surface area contributed by atoms with E-state index in [1.54, 1.807) is 0 Å². The third-order valence-corrected chi connectivity index (χ3v) is 4.22. The predicted molar refractivity (Wildman–Crippen MR) is 89.7 cm³/mol. The zero-order chi connectivity index (χ0) is 16.9. The third-order valence-electron chi connectivity index (χ3n) is 4.22. The first-order valence-electron chi connectivity index (χ1n) is 8.21. The van der Waals surface area contributed by atoms with Crippen LogP contribution in [-0.2, 0) is 6.54 Å². The molecule has 0 spiro atoms. The summed E-state index contributed by atoms with van der Waals surface area (Å²) in [6.45, 7) is 0.367. The van der Waals surface area contributed by atoms with E-state index in [1.807, 2.05) is 30.3 Å². The first kappa shape index (κ1) is 16.4. The van der Waals surface area contributed by atoms with E-state index in [0.717, 1.165) is 18.4 Å². The lowest BCUT2D eigenvalue weighted by molar-refractivity contribution is 0.0916. The van der Waals surface area contributed by atoms with E-state index in [9.17, 15) is 9.59 Å². The largest absolute Gasteiger partial charge is 0.396 e. The fourth-order valence-corrected chi connectivity index (χ4v) is 2.75. The van der Waals surface area contributed by atoms with Gasteiger partial charge in [-0.2, -0.15) is 5.10 Å². The Morgan fingerprint density at radius 3 is 2.67 bits per heavy atom. The second-order valence-corrected chi connectivity index (χ2v) is 6.13. The molecular weight excluding hydrogens is 306 g/mol. The van der Waals surface area contributed by atoms with Gasteiger partial charge in [-0.3, -0.25) is 9.59 Å². The van der Waals surface area contributed by atoms with Crippen LogP contribution in [0.4, 0.5) is 0 Å². The van der Waals surface area contributed by atoms with Gasteiger partial charge in [0.25, 0.3) is 11.5 Å². The molecule has 1 aliphatic carbocycles. The summed E-state index contributed by atoms with van der Waals surface area (Å²) in [6.07, 6.45) is 2.69. The van der Waals surface area contributed by atoms with Crippen molar-refractivity contribution in [1.29, 1.82) is 0 Å². The number of aliphatic hydroxyl groups is 1. The molecule has 1 amide bonds. The highest BCUT2D eigenvalue weighted by Crippen LogP contribution is 2.33. The molecule has 3 rings (SSSR count). The van der Waals surface area contributed by atoms with Gasteiger partial charge in [0, 0.05) is 18.7 Å². The molecule has 1 fully saturated rings. The van der Waals surface area contributed by atoms with Gasteiger partial charge in [0.2, 0.25) is 0 Å². The van der Waals surface area contributed by atoms with Crippen LogP contribution in [0.2, 0.25) is 0 Å². The van der Waals surface area contributed by atoms with Gasteiger partial charge >= 0.3 is 0 Å². The lowest BCUT2D eigenvalue weighted by Crippen LogP contribution is -2.38. The summed E-state index contributed by atoms with van der Waals surface area (Å²) in [5.41, 5.74) is 0.916. The van der Waals surface area contributed by atoms with E-state index in [4.69, 9.17) is 5.11 Å². The topological polar surface area (TPSA) is 84.2 Å². The summed E-state index contributed by atoms with van der Waals surface area (Å²) in [7, 11) is 0. The minimum Gasteiger partial charge on any atom is -0.396 e. The maximum atomic E-state index is 12.4. The Morgan fingerprint density at radius 2 is 2.00 bits per heavy atom. The van der Waals surface area contributed by atoms with E-state index < -0.39 is 0 Å². The summed E-state index contributed by atoms with van der Waals surface area (Å²) in [6, 6.07) is 12.3. The molecule has 1 heterocycles. The number of aromatic nitrogens is 2. The zero-order valence-corrected chi connectivity index (χ0v) is 13.4. The smallest absolute Gasteiger partial charge is 0.271 e. The monoisotopic (exact) mass is 327 g/mol. The van der Waals surface area contributed by atoms with E-state index in [-0.39, 0.29) is 29.8 Å². The minimum atomic E-state index is -0.304. The molecule has 6 heteroatoms. The highest BCUT2D eigenvalue weighted by Gasteiger charge is 2.32. The van der Waals surface area contributed by atoms with Crippen molar-refractivity contribution in [3.05, 3.63) is 64.1 Å². The second kappa shape index (κ2) is 7.40. The number of rotatable bonds is 7. The molecule has 1 aromatic heterocycles. The highest BCUT2D eigenvalue weighted by atomic mass is 16.3. The number of carbonyl (C=O) groups excluding carboxylic acids is 1. The average molecular weight is 327 g/mol. The summed E-state index contributed by atoms with van der Waals surface area (Å²) in [5.74, 6) is 0.137. The van der Waals surface area contributed by atoms with Crippen molar-refractivity contribution in [3.63, 3.8) is 0 Å². The molecule has 2 N–H and O–H groups in total. The van der Waals surface area contributed by atoms with Crippen molar-refractivity contribution in [2.75, 3.05) is 6.61 Å². The zero-order valence-electron chi connectivity index (χ0n) is 13.4. The van der Waals surface area contributed by atoms with Gasteiger partial charge in [0.05, 0.1) is 6.54 Å². The van der Waals surface area contributed by atoms with Crippen LogP contribution in [0.1, 0.15) is 35.3 Å². The molecule has 1 unspecified atom stereocenters. The molecule has 0 aliphatic heterocycles. The van der Waals surface area contributed by atoms with Gasteiger partial charge in [-0.25, -0.2) is 4.68 Å². The van der Waals surface area contributed by atoms with Crippen molar-refractivity contribution in [2.45, 2.75) is 31.8 Å². The van der Waals surface area contributed by atoms with E-state index in [1.165, 1.54) is 16.8 Å². The Hall–Kier alpha value is -2.47. The van der Waals surface area contributed by atoms with Gasteiger partial charge in [-0.05, 0) is 36.8 Å². The summed E-state index contributed by atoms with van der Waals surface area (Å²) in [4.78, 5) is 24.4. The van der Waals surface area contributed by atoms with Gasteiger partial charge in [0.1, 0.15) is 5.69 Å². The molecule has 6 nitrogen and oxygen atoms in total. The first-order valence-corrected chi connectivity index (χ1v) is 8.21. The van der Waals surface area contributed by atoms with Crippen molar-refractivity contribution in [3.8, 4) is 0 Å². The van der Waals surface area contributed by atoms with Crippen molar-refractivity contribution < 1.29 is 9.90 Å². The highest BCUT2D eigenvalue weighted by molar-refractivity contribution is 5.92. The molecule has 1 aromatic carbocycles. The lowest BCUT2D eigenvalue weighted by atomic mass is 10.1. The quantitative estimate of drug-likeness (QED) is 0.800. The van der Waals surface area contributed by atoms with Gasteiger partial charge in [-0.1, -0.05) is 30.3 Å². The third kappa shape index (κ3) is 4.08. The molecule has 2 aromatic rings. The Kier molecular flexibility index (Phi) is 5.05. The number of hydrogen-bond acceptors (Lipinski definition) is 4. The Labute approximate surface area is 140 Å². The maximum Gasteiger partial charge on any atom is 0.271 e. The number of amides is 1. The lowest BCUT2D eigenvalue weighted by Gasteiger charge is -2.17. The SMILES string of the molecule is O=C(NC(CCO)C1CC1)c1ccc(=O)n(Cc2ccccc2)n1. The fourth-order valence-electron chi connectivity index (χ4n) is 2.75. The molecule has 1 saturated carbocycles. The summed E-state index contributed by atoms with van der Waals surface area (Å²) < 4.78 is 1.29. The molecule has 0 bridgehead atoms. The van der Waals surface area contributed by atoms with Crippen LogP contribution in [-0.4, -0.2) is 33.4 Å². The number of nitrogens with one attached hydrogen (secondary N) is 1. The van der Waals surface area contributed by atoms with Crippen LogP contribution in [0.5, 0.6) is 0 Å². The normalized spacial score (nSPS) is 15.0. The molecule has 24 heavy (non-hydrogen) atoms. The number of carbonyl (C=O) groups is 1. The van der Waals surface area contributed by atoms with E-state index in [2.05, 4.69) is 10.4 Å². The molecular formula is C18H21N3O3. The van der Waals surface area contributed by atoms with Crippen molar-refractivity contribution >= 4 is 5.91 Å². The van der Waals surface area contributed by atoms with Crippen LogP contribution in [0.3, 0.4) is 0 Å². The van der Waals surface area contributed by atoms with Crippen LogP contribution >= 0.6 is 0 Å². The number of benzene rings is 1. The fraction of sp³-hybridized carbons (Fsp3) is 0.389.